The molecular weight excluding hydrogens is 244 g/mol. The Balaban J connectivity index is 3.66. The van der Waals surface area contributed by atoms with E-state index in [2.05, 4.69) is 17.6 Å². The quantitative estimate of drug-likeness (QED) is 0.535. The number of aliphatic carboxylic acids is 1. The number of carboxylic acids is 1. The first-order chi connectivity index (χ1) is 8.99. The Hall–Kier alpha value is -1.26. The first kappa shape index (κ1) is 17.7. The average molecular weight is 272 g/mol. The summed E-state index contributed by atoms with van der Waals surface area (Å²) in [5, 5.41) is 14.1. The second-order valence-corrected chi connectivity index (χ2v) is 5.23. The van der Waals surface area contributed by atoms with Crippen molar-refractivity contribution in [2.75, 3.05) is 6.54 Å². The minimum absolute atomic E-state index is 0.128. The van der Waals surface area contributed by atoms with Gasteiger partial charge in [0, 0.05) is 6.54 Å². The number of rotatable bonds is 10. The predicted molar refractivity (Wildman–Crippen MR) is 76.2 cm³/mol. The molecule has 5 nitrogen and oxygen atoms in total. The molecule has 0 aliphatic heterocycles. The lowest BCUT2D eigenvalue weighted by Gasteiger charge is -2.18. The molecule has 19 heavy (non-hydrogen) atoms. The summed E-state index contributed by atoms with van der Waals surface area (Å²) in [5.74, 6) is -1.12. The Kier molecular flexibility index (Phi) is 9.94. The lowest BCUT2D eigenvalue weighted by molar-refractivity contribution is -0.140. The van der Waals surface area contributed by atoms with E-state index in [4.69, 9.17) is 5.11 Å². The second-order valence-electron chi connectivity index (χ2n) is 5.23. The minimum Gasteiger partial charge on any atom is -0.480 e. The Morgan fingerprint density at radius 1 is 1.05 bits per heavy atom. The molecule has 0 aliphatic rings. The van der Waals surface area contributed by atoms with Gasteiger partial charge in [-0.2, -0.15) is 0 Å². The van der Waals surface area contributed by atoms with Gasteiger partial charge < -0.3 is 15.7 Å². The van der Waals surface area contributed by atoms with E-state index in [1.54, 1.807) is 13.8 Å². The molecule has 112 valence electrons. The van der Waals surface area contributed by atoms with E-state index in [1.807, 2.05) is 0 Å². The van der Waals surface area contributed by atoms with Gasteiger partial charge in [0.25, 0.3) is 0 Å². The molecule has 0 saturated carbocycles. The van der Waals surface area contributed by atoms with Crippen molar-refractivity contribution in [3.05, 3.63) is 0 Å². The summed E-state index contributed by atoms with van der Waals surface area (Å²) in [6.07, 6.45) is 6.98. The molecule has 0 spiro atoms. The monoisotopic (exact) mass is 272 g/mol. The second kappa shape index (κ2) is 10.6. The molecule has 1 unspecified atom stereocenters. The number of unbranched alkanes of at least 4 members (excludes halogenated alkanes) is 5. The van der Waals surface area contributed by atoms with Crippen molar-refractivity contribution >= 4 is 12.0 Å². The van der Waals surface area contributed by atoms with Crippen molar-refractivity contribution in [3.8, 4) is 0 Å². The van der Waals surface area contributed by atoms with E-state index >= 15 is 0 Å². The van der Waals surface area contributed by atoms with Crippen LogP contribution in [0.5, 0.6) is 0 Å². The molecule has 2 amide bonds. The zero-order chi connectivity index (χ0) is 14.7. The highest BCUT2D eigenvalue weighted by Crippen LogP contribution is 2.04. The third-order valence-corrected chi connectivity index (χ3v) is 3.04. The smallest absolute Gasteiger partial charge is 0.326 e. The van der Waals surface area contributed by atoms with Crippen LogP contribution in [0.4, 0.5) is 4.79 Å². The van der Waals surface area contributed by atoms with Crippen LogP contribution in [-0.2, 0) is 4.79 Å². The van der Waals surface area contributed by atoms with Crippen molar-refractivity contribution in [1.29, 1.82) is 0 Å². The number of amides is 2. The largest absolute Gasteiger partial charge is 0.480 e. The van der Waals surface area contributed by atoms with Crippen LogP contribution in [-0.4, -0.2) is 29.7 Å². The highest BCUT2D eigenvalue weighted by atomic mass is 16.4. The summed E-state index contributed by atoms with van der Waals surface area (Å²) in [6, 6.07) is -1.22. The molecule has 0 saturated heterocycles. The summed E-state index contributed by atoms with van der Waals surface area (Å²) in [4.78, 5) is 22.4. The summed E-state index contributed by atoms with van der Waals surface area (Å²) < 4.78 is 0. The number of urea groups is 1. The summed E-state index contributed by atoms with van der Waals surface area (Å²) >= 11 is 0. The number of nitrogens with one attached hydrogen (secondary N) is 2. The predicted octanol–water partition coefficient (Wildman–Crippen LogP) is 2.76. The van der Waals surface area contributed by atoms with Gasteiger partial charge in [0.05, 0.1) is 0 Å². The van der Waals surface area contributed by atoms with E-state index in [-0.39, 0.29) is 5.92 Å². The molecule has 1 atom stereocenters. The molecule has 0 aliphatic carbocycles. The van der Waals surface area contributed by atoms with Gasteiger partial charge in [0.1, 0.15) is 6.04 Å². The fourth-order valence-corrected chi connectivity index (χ4v) is 1.81. The highest BCUT2D eigenvalue weighted by Gasteiger charge is 2.22. The van der Waals surface area contributed by atoms with Crippen LogP contribution in [0.25, 0.3) is 0 Å². The molecule has 0 rings (SSSR count). The summed E-state index contributed by atoms with van der Waals surface area (Å²) in [6.45, 7) is 6.32. The van der Waals surface area contributed by atoms with E-state index in [1.165, 1.54) is 25.7 Å². The maximum absolute atomic E-state index is 11.5. The highest BCUT2D eigenvalue weighted by molar-refractivity contribution is 5.82. The van der Waals surface area contributed by atoms with E-state index in [0.717, 1.165) is 12.8 Å². The van der Waals surface area contributed by atoms with Gasteiger partial charge in [-0.15, -0.1) is 0 Å². The first-order valence-electron chi connectivity index (χ1n) is 7.26. The van der Waals surface area contributed by atoms with Crippen molar-refractivity contribution < 1.29 is 14.7 Å². The average Bonchev–Trinajstić information content (AvgIpc) is 2.34. The molecule has 0 heterocycles. The van der Waals surface area contributed by atoms with Crippen molar-refractivity contribution in [3.63, 3.8) is 0 Å². The molecule has 0 aromatic carbocycles. The number of carbonyl (C=O) groups excluding carboxylic acids is 1. The minimum atomic E-state index is -0.996. The normalized spacial score (nSPS) is 12.2. The lowest BCUT2D eigenvalue weighted by atomic mass is 10.1. The first-order valence-corrected chi connectivity index (χ1v) is 7.26. The molecule has 3 N–H and O–H groups in total. The topological polar surface area (TPSA) is 78.4 Å². The van der Waals surface area contributed by atoms with Crippen LogP contribution in [0.15, 0.2) is 0 Å². The van der Waals surface area contributed by atoms with E-state index < -0.39 is 18.0 Å². The lowest BCUT2D eigenvalue weighted by Crippen LogP contribution is -2.48. The summed E-state index contributed by atoms with van der Waals surface area (Å²) in [5.41, 5.74) is 0. The summed E-state index contributed by atoms with van der Waals surface area (Å²) in [7, 11) is 0. The van der Waals surface area contributed by atoms with Gasteiger partial charge in [0.2, 0.25) is 0 Å². The van der Waals surface area contributed by atoms with Crippen LogP contribution in [0.3, 0.4) is 0 Å². The van der Waals surface area contributed by atoms with Gasteiger partial charge in [-0.25, -0.2) is 9.59 Å². The van der Waals surface area contributed by atoms with Crippen molar-refractivity contribution in [2.45, 2.75) is 65.3 Å². The number of hydrogen-bond donors (Lipinski definition) is 3. The van der Waals surface area contributed by atoms with Crippen LogP contribution in [0.1, 0.15) is 59.3 Å². The standard InChI is InChI=1S/C14H28N2O3/c1-4-5-6-7-8-9-10-15-14(19)16-12(11(2)3)13(17)18/h11-12H,4-10H2,1-3H3,(H,17,18)(H2,15,16,19). The molecular formula is C14H28N2O3. The van der Waals surface area contributed by atoms with Gasteiger partial charge >= 0.3 is 12.0 Å². The third kappa shape index (κ3) is 9.33. The zero-order valence-corrected chi connectivity index (χ0v) is 12.4. The Morgan fingerprint density at radius 3 is 2.16 bits per heavy atom. The number of carboxylic acid groups (broad SMARTS) is 1. The maximum atomic E-state index is 11.5. The fourth-order valence-electron chi connectivity index (χ4n) is 1.81. The van der Waals surface area contributed by atoms with Crippen LogP contribution in [0.2, 0.25) is 0 Å². The fraction of sp³-hybridized carbons (Fsp3) is 0.857. The van der Waals surface area contributed by atoms with Crippen molar-refractivity contribution in [2.24, 2.45) is 5.92 Å². The SMILES string of the molecule is CCCCCCCCNC(=O)NC(C(=O)O)C(C)C. The molecule has 0 radical (unpaired) electrons. The third-order valence-electron chi connectivity index (χ3n) is 3.04. The van der Waals surface area contributed by atoms with Gasteiger partial charge in [-0.3, -0.25) is 0 Å². The zero-order valence-electron chi connectivity index (χ0n) is 12.4. The molecule has 0 bridgehead atoms. The Labute approximate surface area is 116 Å². The number of carbonyl (C=O) groups is 2. The van der Waals surface area contributed by atoms with Crippen LogP contribution < -0.4 is 10.6 Å². The van der Waals surface area contributed by atoms with Gasteiger partial charge in [-0.1, -0.05) is 52.9 Å². The molecule has 0 aromatic rings. The number of hydrogen-bond acceptors (Lipinski definition) is 2. The molecule has 0 aromatic heterocycles. The van der Waals surface area contributed by atoms with Gasteiger partial charge in [-0.05, 0) is 12.3 Å². The van der Waals surface area contributed by atoms with E-state index in [0.29, 0.717) is 6.54 Å². The van der Waals surface area contributed by atoms with Gasteiger partial charge in [0.15, 0.2) is 0 Å². The van der Waals surface area contributed by atoms with Crippen molar-refractivity contribution in [1.82, 2.24) is 10.6 Å². The molecule has 0 fully saturated rings. The maximum Gasteiger partial charge on any atom is 0.326 e. The Bertz CT molecular complexity index is 267. The van der Waals surface area contributed by atoms with Crippen LogP contribution in [0, 0.1) is 5.92 Å². The Morgan fingerprint density at radius 2 is 1.63 bits per heavy atom. The van der Waals surface area contributed by atoms with E-state index in [9.17, 15) is 9.59 Å². The molecule has 5 heteroatoms. The van der Waals surface area contributed by atoms with Crippen LogP contribution >= 0.6 is 0 Å².